The van der Waals surface area contributed by atoms with Crippen LogP contribution >= 0.6 is 0 Å². The molecule has 5 atom stereocenters. The molecule has 1 saturated carbocycles. The first-order chi connectivity index (χ1) is 11.3. The first-order valence-electron chi connectivity index (χ1n) is 8.35. The zero-order valence-electron chi connectivity index (χ0n) is 14.7. The third-order valence-electron chi connectivity index (χ3n) is 4.95. The molecule has 0 aromatic carbocycles. The fraction of sp³-hybridized carbons (Fsp3) is 0.812. The minimum atomic E-state index is -1.04. The summed E-state index contributed by atoms with van der Waals surface area (Å²) >= 11 is 0. The molecule has 0 unspecified atom stereocenters. The number of primary amides is 1. The molecule has 1 aliphatic rings. The lowest BCUT2D eigenvalue weighted by molar-refractivity contribution is -0.149. The van der Waals surface area contributed by atoms with Crippen LogP contribution in [0.1, 0.15) is 40.0 Å². The van der Waals surface area contributed by atoms with Gasteiger partial charge in [0.15, 0.2) is 0 Å². The Balaban J connectivity index is 3.19. The molecule has 0 heterocycles. The highest BCUT2D eigenvalue weighted by Gasteiger charge is 2.51. The van der Waals surface area contributed by atoms with Crippen LogP contribution in [0.3, 0.4) is 0 Å². The maximum Gasteiger partial charge on any atom is 0.312 e. The van der Waals surface area contributed by atoms with Crippen molar-refractivity contribution in [1.29, 1.82) is 0 Å². The second-order valence-corrected chi connectivity index (χ2v) is 6.35. The average Bonchev–Trinajstić information content (AvgIpc) is 2.82. The molecule has 0 aromatic rings. The predicted molar refractivity (Wildman–Crippen MR) is 87.8 cm³/mol. The Kier molecular flexibility index (Phi) is 7.47. The molecule has 0 aliphatic heterocycles. The molecule has 0 spiro atoms. The van der Waals surface area contributed by atoms with Crippen molar-refractivity contribution in [3.05, 3.63) is 0 Å². The summed E-state index contributed by atoms with van der Waals surface area (Å²) in [6.45, 7) is 5.41. The topological polar surface area (TPSA) is 131 Å². The van der Waals surface area contributed by atoms with Crippen LogP contribution in [0.4, 0.5) is 4.79 Å². The summed E-state index contributed by atoms with van der Waals surface area (Å²) in [5.74, 6) is -1.94. The molecule has 24 heavy (non-hydrogen) atoms. The molecule has 1 aliphatic carbocycles. The van der Waals surface area contributed by atoms with Crippen molar-refractivity contribution < 1.29 is 24.2 Å². The standard InChI is InChI=1S/C16H29N3O5/c1-5-9(6-2)13(18-8(3)20)12-11(19-16(17)23)7-10(14(12)21)15(22)24-4/h9-14,21H,5-7H2,1-4H3,(H,18,20)(H3,17,19,23)/t10-,11+,12+,13-,14+/m0/s1. The highest BCUT2D eigenvalue weighted by molar-refractivity contribution is 5.76. The lowest BCUT2D eigenvalue weighted by atomic mass is 9.80. The second-order valence-electron chi connectivity index (χ2n) is 6.35. The molecule has 1 rings (SSSR count). The Labute approximate surface area is 142 Å². The second kappa shape index (κ2) is 8.86. The maximum atomic E-state index is 11.9. The number of nitrogens with two attached hydrogens (primary N) is 1. The van der Waals surface area contributed by atoms with Crippen LogP contribution < -0.4 is 16.4 Å². The van der Waals surface area contributed by atoms with Crippen molar-refractivity contribution in [2.24, 2.45) is 23.5 Å². The van der Waals surface area contributed by atoms with E-state index in [0.29, 0.717) is 0 Å². The van der Waals surface area contributed by atoms with Crippen LogP contribution in [0, 0.1) is 17.8 Å². The first kappa shape index (κ1) is 20.2. The Morgan fingerprint density at radius 3 is 2.29 bits per heavy atom. The van der Waals surface area contributed by atoms with E-state index in [2.05, 4.69) is 10.6 Å². The molecule has 0 saturated heterocycles. The van der Waals surface area contributed by atoms with Gasteiger partial charge in [-0.3, -0.25) is 9.59 Å². The average molecular weight is 343 g/mol. The van der Waals surface area contributed by atoms with E-state index in [1.807, 2.05) is 13.8 Å². The lowest BCUT2D eigenvalue weighted by Gasteiger charge is -2.36. The Bertz CT molecular complexity index is 467. The fourth-order valence-electron chi connectivity index (χ4n) is 3.82. The number of hydrogen-bond acceptors (Lipinski definition) is 5. The van der Waals surface area contributed by atoms with Crippen molar-refractivity contribution in [2.75, 3.05) is 7.11 Å². The Hall–Kier alpha value is -1.83. The van der Waals surface area contributed by atoms with Crippen LogP contribution in [0.2, 0.25) is 0 Å². The molecule has 138 valence electrons. The number of nitrogens with one attached hydrogen (secondary N) is 2. The molecule has 8 nitrogen and oxygen atoms in total. The summed E-state index contributed by atoms with van der Waals surface area (Å²) in [5.41, 5.74) is 5.24. The third-order valence-corrected chi connectivity index (χ3v) is 4.95. The number of aliphatic hydroxyl groups excluding tert-OH is 1. The first-order valence-corrected chi connectivity index (χ1v) is 8.35. The van der Waals surface area contributed by atoms with Gasteiger partial charge in [-0.15, -0.1) is 0 Å². The molecule has 0 radical (unpaired) electrons. The molecule has 3 amide bonds. The zero-order chi connectivity index (χ0) is 18.4. The zero-order valence-corrected chi connectivity index (χ0v) is 14.7. The van der Waals surface area contributed by atoms with Gasteiger partial charge in [0.1, 0.15) is 0 Å². The van der Waals surface area contributed by atoms with Crippen LogP contribution in [-0.2, 0) is 14.3 Å². The molecular weight excluding hydrogens is 314 g/mol. The van der Waals surface area contributed by atoms with Gasteiger partial charge in [-0.05, 0) is 12.3 Å². The minimum Gasteiger partial charge on any atom is -0.469 e. The molecule has 8 heteroatoms. The predicted octanol–water partition coefficient (Wildman–Crippen LogP) is 0.134. The fourth-order valence-corrected chi connectivity index (χ4v) is 3.82. The number of urea groups is 1. The van der Waals surface area contributed by atoms with E-state index in [-0.39, 0.29) is 24.3 Å². The smallest absolute Gasteiger partial charge is 0.312 e. The van der Waals surface area contributed by atoms with Gasteiger partial charge in [-0.2, -0.15) is 0 Å². The van der Waals surface area contributed by atoms with E-state index < -0.39 is 36.0 Å². The molecule has 0 bridgehead atoms. The normalized spacial score (nSPS) is 27.6. The van der Waals surface area contributed by atoms with E-state index in [9.17, 15) is 19.5 Å². The largest absolute Gasteiger partial charge is 0.469 e. The SMILES string of the molecule is CCC(CC)[C@H](NC(C)=O)[C@@H]1[C@H](O)[C@@H](C(=O)OC)C[C@H]1NC(N)=O. The molecule has 0 aromatic heterocycles. The maximum absolute atomic E-state index is 11.9. The van der Waals surface area contributed by atoms with Gasteiger partial charge >= 0.3 is 12.0 Å². The summed E-state index contributed by atoms with van der Waals surface area (Å²) in [4.78, 5) is 34.9. The minimum absolute atomic E-state index is 0.0992. The van der Waals surface area contributed by atoms with Gasteiger partial charge in [0.05, 0.1) is 19.1 Å². The van der Waals surface area contributed by atoms with Crippen molar-refractivity contribution in [3.63, 3.8) is 0 Å². The number of amides is 3. The summed E-state index contributed by atoms with van der Waals surface area (Å²) in [6.07, 6.45) is 0.762. The van der Waals surface area contributed by atoms with Crippen LogP contribution in [0.5, 0.6) is 0 Å². The summed E-state index contributed by atoms with van der Waals surface area (Å²) in [7, 11) is 1.26. The molecular formula is C16H29N3O5. The number of carbonyl (C=O) groups excluding carboxylic acids is 3. The van der Waals surface area contributed by atoms with Crippen LogP contribution in [-0.4, -0.2) is 48.3 Å². The van der Waals surface area contributed by atoms with Gasteiger partial charge in [-0.25, -0.2) is 4.79 Å². The number of aliphatic hydroxyl groups is 1. The number of ether oxygens (including phenoxy) is 1. The number of hydrogen-bond donors (Lipinski definition) is 4. The van der Waals surface area contributed by atoms with Crippen LogP contribution in [0.15, 0.2) is 0 Å². The van der Waals surface area contributed by atoms with E-state index in [1.54, 1.807) is 0 Å². The van der Waals surface area contributed by atoms with Gasteiger partial charge in [0.25, 0.3) is 0 Å². The number of methoxy groups -OCH3 is 1. The highest BCUT2D eigenvalue weighted by atomic mass is 16.5. The highest BCUT2D eigenvalue weighted by Crippen LogP contribution is 2.38. The number of carbonyl (C=O) groups is 3. The van der Waals surface area contributed by atoms with E-state index in [1.165, 1.54) is 14.0 Å². The summed E-state index contributed by atoms with van der Waals surface area (Å²) < 4.78 is 4.75. The van der Waals surface area contributed by atoms with Gasteiger partial charge < -0.3 is 26.2 Å². The van der Waals surface area contributed by atoms with Crippen molar-refractivity contribution in [3.8, 4) is 0 Å². The van der Waals surface area contributed by atoms with Crippen molar-refractivity contribution >= 4 is 17.9 Å². The van der Waals surface area contributed by atoms with Gasteiger partial charge in [0, 0.05) is 24.9 Å². The van der Waals surface area contributed by atoms with Crippen molar-refractivity contribution in [2.45, 2.75) is 58.2 Å². The number of rotatable bonds is 7. The van der Waals surface area contributed by atoms with E-state index in [4.69, 9.17) is 10.5 Å². The summed E-state index contributed by atoms with van der Waals surface area (Å²) in [6, 6.07) is -1.62. The van der Waals surface area contributed by atoms with Gasteiger partial charge in [-0.1, -0.05) is 26.7 Å². The van der Waals surface area contributed by atoms with Gasteiger partial charge in [0.2, 0.25) is 5.91 Å². The Morgan fingerprint density at radius 1 is 1.29 bits per heavy atom. The molecule has 5 N–H and O–H groups in total. The van der Waals surface area contributed by atoms with E-state index >= 15 is 0 Å². The Morgan fingerprint density at radius 2 is 1.88 bits per heavy atom. The quantitative estimate of drug-likeness (QED) is 0.488. The molecule has 1 fully saturated rings. The van der Waals surface area contributed by atoms with E-state index in [0.717, 1.165) is 12.8 Å². The monoisotopic (exact) mass is 343 g/mol. The number of esters is 1. The summed E-state index contributed by atoms with van der Waals surface area (Å²) in [5, 5.41) is 16.2. The lowest BCUT2D eigenvalue weighted by Crippen LogP contribution is -2.54. The third kappa shape index (κ3) is 4.59. The van der Waals surface area contributed by atoms with Crippen molar-refractivity contribution in [1.82, 2.24) is 10.6 Å². The van der Waals surface area contributed by atoms with Crippen LogP contribution in [0.25, 0.3) is 0 Å².